The molecule has 5 rings (SSSR count). The molecule has 0 aliphatic heterocycles. The standard InChI is InChI=1S/C23H17N5OS2/c24-22-20-19(13-31-21(20)18(11-26-22)15-5-8-25-9-6-15)14-1-3-16(4-2-14)27-23(29)28-17-7-10-30-12-17/h1-13H,(H2,24,26)(H2,27,28,29). The van der Waals surface area contributed by atoms with Gasteiger partial charge < -0.3 is 16.4 Å². The first kappa shape index (κ1) is 19.2. The van der Waals surface area contributed by atoms with E-state index in [1.54, 1.807) is 23.7 Å². The molecular weight excluding hydrogens is 426 g/mol. The number of fused-ring (bicyclic) bond motifs is 1. The molecule has 0 radical (unpaired) electrons. The van der Waals surface area contributed by atoms with E-state index in [0.717, 1.165) is 38.0 Å². The molecule has 1 aromatic carbocycles. The van der Waals surface area contributed by atoms with Crippen molar-refractivity contribution in [2.75, 3.05) is 16.4 Å². The van der Waals surface area contributed by atoms with Crippen LogP contribution in [0.4, 0.5) is 22.0 Å². The highest BCUT2D eigenvalue weighted by molar-refractivity contribution is 7.18. The average Bonchev–Trinajstić information content (AvgIpc) is 3.46. The topological polar surface area (TPSA) is 92.9 Å². The minimum Gasteiger partial charge on any atom is -0.383 e. The summed E-state index contributed by atoms with van der Waals surface area (Å²) < 4.78 is 1.09. The fourth-order valence-corrected chi connectivity index (χ4v) is 5.09. The summed E-state index contributed by atoms with van der Waals surface area (Å²) in [4.78, 5) is 20.7. The summed E-state index contributed by atoms with van der Waals surface area (Å²) in [5.41, 5.74) is 11.9. The third-order valence-electron chi connectivity index (χ3n) is 4.85. The normalized spacial score (nSPS) is 10.8. The number of carbonyl (C=O) groups is 1. The van der Waals surface area contributed by atoms with Crippen LogP contribution in [0.5, 0.6) is 0 Å². The number of aromatic nitrogens is 2. The number of amides is 2. The average molecular weight is 444 g/mol. The van der Waals surface area contributed by atoms with Gasteiger partial charge in [0.15, 0.2) is 0 Å². The predicted molar refractivity (Wildman–Crippen MR) is 130 cm³/mol. The van der Waals surface area contributed by atoms with E-state index < -0.39 is 0 Å². The molecule has 5 aromatic rings. The summed E-state index contributed by atoms with van der Waals surface area (Å²) in [7, 11) is 0. The van der Waals surface area contributed by atoms with Crippen LogP contribution in [-0.2, 0) is 0 Å². The van der Waals surface area contributed by atoms with Crippen molar-refractivity contribution in [1.82, 2.24) is 9.97 Å². The molecule has 4 aromatic heterocycles. The Bertz CT molecular complexity index is 1350. The van der Waals surface area contributed by atoms with Gasteiger partial charge in [0.2, 0.25) is 0 Å². The molecule has 0 saturated heterocycles. The molecule has 0 fully saturated rings. The Morgan fingerprint density at radius 1 is 0.871 bits per heavy atom. The molecule has 0 aliphatic carbocycles. The van der Waals surface area contributed by atoms with Crippen LogP contribution >= 0.6 is 22.7 Å². The molecule has 152 valence electrons. The van der Waals surface area contributed by atoms with Gasteiger partial charge in [0, 0.05) is 50.9 Å². The van der Waals surface area contributed by atoms with E-state index in [1.807, 2.05) is 59.4 Å². The van der Waals surface area contributed by atoms with Gasteiger partial charge in [-0.1, -0.05) is 12.1 Å². The number of pyridine rings is 2. The van der Waals surface area contributed by atoms with Crippen LogP contribution < -0.4 is 16.4 Å². The van der Waals surface area contributed by atoms with E-state index in [2.05, 4.69) is 26.0 Å². The minimum absolute atomic E-state index is 0.275. The SMILES string of the molecule is Nc1ncc(-c2ccncc2)c2scc(-c3ccc(NC(=O)Nc4ccsc4)cc3)c12. The predicted octanol–water partition coefficient (Wildman–Crippen LogP) is 6.31. The minimum atomic E-state index is -0.275. The molecule has 8 heteroatoms. The van der Waals surface area contributed by atoms with Crippen LogP contribution in [0.2, 0.25) is 0 Å². The van der Waals surface area contributed by atoms with Gasteiger partial charge in [-0.15, -0.1) is 11.3 Å². The largest absolute Gasteiger partial charge is 0.383 e. The molecular formula is C23H17N5OS2. The lowest BCUT2D eigenvalue weighted by Crippen LogP contribution is -2.18. The fraction of sp³-hybridized carbons (Fsp3) is 0. The van der Waals surface area contributed by atoms with Gasteiger partial charge in [-0.25, -0.2) is 9.78 Å². The van der Waals surface area contributed by atoms with Gasteiger partial charge in [0.25, 0.3) is 0 Å². The summed E-state index contributed by atoms with van der Waals surface area (Å²) >= 11 is 3.17. The third-order valence-corrected chi connectivity index (χ3v) is 6.55. The molecule has 0 aliphatic rings. The van der Waals surface area contributed by atoms with Crippen molar-refractivity contribution in [2.45, 2.75) is 0 Å². The van der Waals surface area contributed by atoms with Crippen LogP contribution in [0, 0.1) is 0 Å². The maximum Gasteiger partial charge on any atom is 0.323 e. The molecule has 4 N–H and O–H groups in total. The number of rotatable bonds is 4. The van der Waals surface area contributed by atoms with Crippen molar-refractivity contribution in [3.63, 3.8) is 0 Å². The second-order valence-electron chi connectivity index (χ2n) is 6.82. The van der Waals surface area contributed by atoms with Gasteiger partial charge >= 0.3 is 6.03 Å². The van der Waals surface area contributed by atoms with Crippen molar-refractivity contribution < 1.29 is 4.79 Å². The summed E-state index contributed by atoms with van der Waals surface area (Å²) in [6, 6.07) is 13.2. The number of hydrogen-bond donors (Lipinski definition) is 3. The number of hydrogen-bond acceptors (Lipinski definition) is 6. The number of nitrogens with two attached hydrogens (primary N) is 1. The first-order chi connectivity index (χ1) is 15.2. The summed E-state index contributed by atoms with van der Waals surface area (Å²) in [5.74, 6) is 0.501. The van der Waals surface area contributed by atoms with E-state index in [9.17, 15) is 4.79 Å². The Kier molecular flexibility index (Phi) is 5.07. The Morgan fingerprint density at radius 2 is 1.61 bits per heavy atom. The van der Waals surface area contributed by atoms with E-state index in [0.29, 0.717) is 11.5 Å². The van der Waals surface area contributed by atoms with Crippen LogP contribution in [-0.4, -0.2) is 16.0 Å². The van der Waals surface area contributed by atoms with Crippen molar-refractivity contribution in [3.05, 3.63) is 77.2 Å². The highest BCUT2D eigenvalue weighted by atomic mass is 32.1. The number of anilines is 3. The number of thiophene rings is 2. The Balaban J connectivity index is 1.44. The van der Waals surface area contributed by atoms with Gasteiger partial charge in [0.05, 0.1) is 5.69 Å². The molecule has 31 heavy (non-hydrogen) atoms. The molecule has 0 spiro atoms. The Hall–Kier alpha value is -3.75. The second kappa shape index (κ2) is 8.17. The molecule has 0 bridgehead atoms. The quantitative estimate of drug-likeness (QED) is 0.303. The zero-order chi connectivity index (χ0) is 21.2. The highest BCUT2D eigenvalue weighted by Gasteiger charge is 2.15. The number of nitrogen functional groups attached to an aromatic ring is 1. The van der Waals surface area contributed by atoms with Crippen LogP contribution in [0.15, 0.2) is 77.2 Å². The summed E-state index contributed by atoms with van der Waals surface area (Å²) in [6.07, 6.45) is 5.35. The van der Waals surface area contributed by atoms with Crippen molar-refractivity contribution >= 4 is 56.0 Å². The van der Waals surface area contributed by atoms with Crippen LogP contribution in [0.3, 0.4) is 0 Å². The molecule has 0 saturated carbocycles. The first-order valence-electron chi connectivity index (χ1n) is 9.46. The number of urea groups is 1. The molecule has 4 heterocycles. The highest BCUT2D eigenvalue weighted by Crippen LogP contribution is 2.41. The summed E-state index contributed by atoms with van der Waals surface area (Å²) in [5, 5.41) is 12.5. The van der Waals surface area contributed by atoms with Gasteiger partial charge in [0.1, 0.15) is 5.82 Å². The molecule has 6 nitrogen and oxygen atoms in total. The number of carbonyl (C=O) groups excluding carboxylic acids is 1. The molecule has 0 atom stereocenters. The van der Waals surface area contributed by atoms with E-state index in [1.165, 1.54) is 11.3 Å². The lowest BCUT2D eigenvalue weighted by Gasteiger charge is -2.08. The number of nitrogens with zero attached hydrogens (tertiary/aromatic N) is 2. The lowest BCUT2D eigenvalue weighted by atomic mass is 10.0. The second-order valence-corrected chi connectivity index (χ2v) is 8.47. The number of benzene rings is 1. The van der Waals surface area contributed by atoms with Gasteiger partial charge in [-0.2, -0.15) is 11.3 Å². The van der Waals surface area contributed by atoms with Gasteiger partial charge in [-0.3, -0.25) is 4.98 Å². The van der Waals surface area contributed by atoms with Crippen molar-refractivity contribution in [1.29, 1.82) is 0 Å². The first-order valence-corrected chi connectivity index (χ1v) is 11.3. The Morgan fingerprint density at radius 3 is 2.35 bits per heavy atom. The van der Waals surface area contributed by atoms with E-state index in [-0.39, 0.29) is 6.03 Å². The van der Waals surface area contributed by atoms with E-state index >= 15 is 0 Å². The fourth-order valence-electron chi connectivity index (χ4n) is 3.38. The Labute approximate surface area is 186 Å². The monoisotopic (exact) mass is 443 g/mol. The zero-order valence-electron chi connectivity index (χ0n) is 16.2. The van der Waals surface area contributed by atoms with Gasteiger partial charge in [-0.05, 0) is 52.2 Å². The third kappa shape index (κ3) is 3.86. The zero-order valence-corrected chi connectivity index (χ0v) is 17.8. The van der Waals surface area contributed by atoms with Crippen LogP contribution in [0.1, 0.15) is 0 Å². The lowest BCUT2D eigenvalue weighted by molar-refractivity contribution is 0.262. The van der Waals surface area contributed by atoms with Crippen molar-refractivity contribution in [3.8, 4) is 22.3 Å². The molecule has 2 amide bonds. The van der Waals surface area contributed by atoms with Crippen LogP contribution in [0.25, 0.3) is 32.3 Å². The van der Waals surface area contributed by atoms with Crippen molar-refractivity contribution in [2.24, 2.45) is 0 Å². The number of nitrogens with one attached hydrogen (secondary N) is 2. The maximum absolute atomic E-state index is 12.1. The smallest absolute Gasteiger partial charge is 0.323 e. The van der Waals surface area contributed by atoms with E-state index in [4.69, 9.17) is 5.73 Å². The maximum atomic E-state index is 12.1. The summed E-state index contributed by atoms with van der Waals surface area (Å²) in [6.45, 7) is 0. The molecule has 0 unspecified atom stereocenters.